The summed E-state index contributed by atoms with van der Waals surface area (Å²) < 4.78 is 5.45. The molecular weight excluding hydrogens is 196 g/mol. The van der Waals surface area contributed by atoms with E-state index < -0.39 is 0 Å². The third-order valence-corrected chi connectivity index (χ3v) is 3.20. The Bertz CT molecular complexity index is 218. The molecule has 82 valence electrons. The van der Waals surface area contributed by atoms with Crippen molar-refractivity contribution in [2.45, 2.75) is 26.3 Å². The second-order valence-corrected chi connectivity index (χ2v) is 5.09. The van der Waals surface area contributed by atoms with Gasteiger partial charge in [-0.15, -0.1) is 0 Å². The number of nitrogens with zero attached hydrogens (tertiary/aromatic N) is 1. The van der Waals surface area contributed by atoms with Crippen molar-refractivity contribution in [2.24, 2.45) is 11.7 Å². The predicted octanol–water partition coefficient (Wildman–Crippen LogP) is 1.02. The summed E-state index contributed by atoms with van der Waals surface area (Å²) in [6.07, 6.45) is 0. The first kappa shape index (κ1) is 11.9. The van der Waals surface area contributed by atoms with Crippen molar-refractivity contribution in [3.05, 3.63) is 0 Å². The maximum atomic E-state index is 5.62. The van der Waals surface area contributed by atoms with E-state index in [0.29, 0.717) is 4.99 Å². The van der Waals surface area contributed by atoms with E-state index in [4.69, 9.17) is 22.7 Å². The highest BCUT2D eigenvalue weighted by molar-refractivity contribution is 7.80. The van der Waals surface area contributed by atoms with Crippen LogP contribution < -0.4 is 5.73 Å². The van der Waals surface area contributed by atoms with Crippen LogP contribution in [0.3, 0.4) is 0 Å². The average molecular weight is 216 g/mol. The summed E-state index contributed by atoms with van der Waals surface area (Å²) in [6.45, 7) is 9.97. The number of morpholine rings is 1. The lowest BCUT2D eigenvalue weighted by atomic mass is 10.0. The monoisotopic (exact) mass is 216 g/mol. The van der Waals surface area contributed by atoms with Crippen LogP contribution in [0.2, 0.25) is 0 Å². The van der Waals surface area contributed by atoms with Gasteiger partial charge in [0, 0.05) is 24.5 Å². The molecule has 1 rings (SSSR count). The Morgan fingerprint density at radius 2 is 2.29 bits per heavy atom. The van der Waals surface area contributed by atoms with Gasteiger partial charge in [0.15, 0.2) is 0 Å². The van der Waals surface area contributed by atoms with Crippen LogP contribution in [0.15, 0.2) is 0 Å². The lowest BCUT2D eigenvalue weighted by Crippen LogP contribution is -2.54. The maximum Gasteiger partial charge on any atom is 0.0768 e. The average Bonchev–Trinajstić information content (AvgIpc) is 2.08. The highest BCUT2D eigenvalue weighted by Crippen LogP contribution is 2.20. The van der Waals surface area contributed by atoms with Crippen LogP contribution in [0.5, 0.6) is 0 Å². The Labute approximate surface area is 91.6 Å². The number of hydrogen-bond acceptors (Lipinski definition) is 3. The molecule has 0 radical (unpaired) electrons. The fourth-order valence-electron chi connectivity index (χ4n) is 1.65. The lowest BCUT2D eigenvalue weighted by molar-refractivity contribution is -0.0532. The van der Waals surface area contributed by atoms with Crippen LogP contribution in [0.1, 0.15) is 20.8 Å². The van der Waals surface area contributed by atoms with E-state index in [2.05, 4.69) is 25.7 Å². The third kappa shape index (κ3) is 2.90. The summed E-state index contributed by atoms with van der Waals surface area (Å²) in [5, 5.41) is 0. The Balaban J connectivity index is 2.53. The number of hydrogen-bond donors (Lipinski definition) is 1. The van der Waals surface area contributed by atoms with Crippen LogP contribution >= 0.6 is 12.2 Å². The minimum atomic E-state index is 0.108. The van der Waals surface area contributed by atoms with Gasteiger partial charge in [0.25, 0.3) is 0 Å². The first-order chi connectivity index (χ1) is 6.43. The molecule has 3 nitrogen and oxygen atoms in total. The van der Waals surface area contributed by atoms with E-state index in [0.717, 1.165) is 26.3 Å². The molecule has 14 heavy (non-hydrogen) atoms. The minimum absolute atomic E-state index is 0.108. The summed E-state index contributed by atoms with van der Waals surface area (Å²) >= 11 is 4.98. The van der Waals surface area contributed by atoms with Crippen LogP contribution in [-0.2, 0) is 4.74 Å². The zero-order chi connectivity index (χ0) is 10.8. The van der Waals surface area contributed by atoms with Gasteiger partial charge in [-0.25, -0.2) is 0 Å². The van der Waals surface area contributed by atoms with E-state index >= 15 is 0 Å². The standard InChI is InChI=1S/C10H20N2OS/c1-8(9(11)14)6-12-4-5-13-7-10(12,2)3/h8H,4-7H2,1-3H3,(H2,11,14). The highest BCUT2D eigenvalue weighted by atomic mass is 32.1. The summed E-state index contributed by atoms with van der Waals surface area (Å²) in [7, 11) is 0. The summed E-state index contributed by atoms with van der Waals surface area (Å²) in [5.74, 6) is 0.280. The van der Waals surface area contributed by atoms with Crippen molar-refractivity contribution in [3.8, 4) is 0 Å². The molecular formula is C10H20N2OS. The number of ether oxygens (including phenoxy) is 1. The van der Waals surface area contributed by atoms with E-state index in [-0.39, 0.29) is 11.5 Å². The third-order valence-electron chi connectivity index (χ3n) is 2.80. The molecule has 0 aromatic heterocycles. The molecule has 1 heterocycles. The molecule has 0 spiro atoms. The molecule has 1 atom stereocenters. The summed E-state index contributed by atoms with van der Waals surface area (Å²) in [6, 6.07) is 0. The zero-order valence-corrected chi connectivity index (χ0v) is 10.1. The van der Waals surface area contributed by atoms with Crippen LogP contribution in [-0.4, -0.2) is 41.7 Å². The van der Waals surface area contributed by atoms with E-state index in [1.54, 1.807) is 0 Å². The van der Waals surface area contributed by atoms with Crippen LogP contribution in [0.4, 0.5) is 0 Å². The van der Waals surface area contributed by atoms with Crippen molar-refractivity contribution >= 4 is 17.2 Å². The molecule has 0 aromatic carbocycles. The van der Waals surface area contributed by atoms with Crippen molar-refractivity contribution < 1.29 is 4.74 Å². The number of rotatable bonds is 3. The molecule has 0 amide bonds. The molecule has 1 saturated heterocycles. The molecule has 0 bridgehead atoms. The highest BCUT2D eigenvalue weighted by Gasteiger charge is 2.31. The molecule has 1 aliphatic heterocycles. The molecule has 0 aromatic rings. The summed E-state index contributed by atoms with van der Waals surface area (Å²) in [4.78, 5) is 3.01. The Kier molecular flexibility index (Phi) is 3.86. The lowest BCUT2D eigenvalue weighted by Gasteiger charge is -2.43. The zero-order valence-electron chi connectivity index (χ0n) is 9.25. The molecule has 0 aliphatic carbocycles. The van der Waals surface area contributed by atoms with Crippen molar-refractivity contribution in [2.75, 3.05) is 26.3 Å². The van der Waals surface area contributed by atoms with Crippen LogP contribution in [0, 0.1) is 5.92 Å². The molecule has 2 N–H and O–H groups in total. The molecule has 4 heteroatoms. The van der Waals surface area contributed by atoms with Gasteiger partial charge in [-0.05, 0) is 13.8 Å². The van der Waals surface area contributed by atoms with E-state index in [9.17, 15) is 0 Å². The minimum Gasteiger partial charge on any atom is -0.393 e. The predicted molar refractivity (Wildman–Crippen MR) is 62.4 cm³/mol. The SMILES string of the molecule is CC(CN1CCOCC1(C)C)C(N)=S. The number of thiocarbonyl (C=S) groups is 1. The maximum absolute atomic E-state index is 5.62. The largest absolute Gasteiger partial charge is 0.393 e. The Morgan fingerprint density at radius 3 is 2.79 bits per heavy atom. The first-order valence-corrected chi connectivity index (χ1v) is 5.46. The Morgan fingerprint density at radius 1 is 1.64 bits per heavy atom. The van der Waals surface area contributed by atoms with Crippen molar-refractivity contribution in [3.63, 3.8) is 0 Å². The summed E-state index contributed by atoms with van der Waals surface area (Å²) in [5.41, 5.74) is 5.72. The second-order valence-electron chi connectivity index (χ2n) is 4.61. The van der Waals surface area contributed by atoms with Gasteiger partial charge in [0.2, 0.25) is 0 Å². The van der Waals surface area contributed by atoms with Gasteiger partial charge in [-0.3, -0.25) is 4.90 Å². The second kappa shape index (κ2) is 4.55. The number of nitrogens with two attached hydrogens (primary N) is 1. The van der Waals surface area contributed by atoms with E-state index in [1.807, 2.05) is 0 Å². The molecule has 1 aliphatic rings. The van der Waals surface area contributed by atoms with Crippen molar-refractivity contribution in [1.29, 1.82) is 0 Å². The van der Waals surface area contributed by atoms with E-state index in [1.165, 1.54) is 0 Å². The molecule has 0 saturated carbocycles. The quantitative estimate of drug-likeness (QED) is 0.715. The fraction of sp³-hybridized carbons (Fsp3) is 0.900. The van der Waals surface area contributed by atoms with Gasteiger partial charge in [-0.2, -0.15) is 0 Å². The smallest absolute Gasteiger partial charge is 0.0768 e. The van der Waals surface area contributed by atoms with Gasteiger partial charge < -0.3 is 10.5 Å². The first-order valence-electron chi connectivity index (χ1n) is 5.05. The fourth-order valence-corrected chi connectivity index (χ4v) is 1.72. The van der Waals surface area contributed by atoms with Gasteiger partial charge in [0.05, 0.1) is 18.2 Å². The van der Waals surface area contributed by atoms with Gasteiger partial charge in [0.1, 0.15) is 0 Å². The van der Waals surface area contributed by atoms with Crippen molar-refractivity contribution in [1.82, 2.24) is 4.90 Å². The topological polar surface area (TPSA) is 38.5 Å². The van der Waals surface area contributed by atoms with Gasteiger partial charge >= 0.3 is 0 Å². The normalized spacial score (nSPS) is 24.5. The van der Waals surface area contributed by atoms with Gasteiger partial charge in [-0.1, -0.05) is 19.1 Å². The Hall–Kier alpha value is -0.190. The molecule has 1 unspecified atom stereocenters. The molecule has 1 fully saturated rings. The van der Waals surface area contributed by atoms with Crippen LogP contribution in [0.25, 0.3) is 0 Å².